The molecule has 3 amide bonds. The summed E-state index contributed by atoms with van der Waals surface area (Å²) in [6, 6.07) is 9.47. The average Bonchev–Trinajstić information content (AvgIpc) is 3.02. The first-order valence-electron chi connectivity index (χ1n) is 7.32. The number of hydrogen-bond donors (Lipinski definition) is 2. The third-order valence-electron chi connectivity index (χ3n) is 3.12. The molecule has 23 heavy (non-hydrogen) atoms. The van der Waals surface area contributed by atoms with Gasteiger partial charge in [0.1, 0.15) is 0 Å². The van der Waals surface area contributed by atoms with Gasteiger partial charge in [0.25, 0.3) is 0 Å². The maximum Gasteiger partial charge on any atom is 0.321 e. The van der Waals surface area contributed by atoms with Gasteiger partial charge >= 0.3 is 6.03 Å². The number of nitrogens with zero attached hydrogens (tertiary/aromatic N) is 1. The lowest BCUT2D eigenvalue weighted by molar-refractivity contribution is -0.117. The lowest BCUT2D eigenvalue weighted by atomic mass is 10.2. The zero-order chi connectivity index (χ0) is 16.7. The standard InChI is InChI=1S/C16H19N3O2S2/c1-3-11(2)17-15(21)19-14(20)10-23-16-18-13(9-22-16)12-7-5-4-6-8-12/h4-9,11H,3,10H2,1-2H3,(H2,17,19,20,21)/t11-/m1/s1. The molecule has 0 aliphatic carbocycles. The molecule has 0 unspecified atom stereocenters. The molecular formula is C16H19N3O2S2. The van der Waals surface area contributed by atoms with Gasteiger partial charge in [-0.05, 0) is 13.3 Å². The number of rotatable bonds is 6. The molecule has 0 radical (unpaired) electrons. The smallest absolute Gasteiger partial charge is 0.321 e. The molecule has 122 valence electrons. The van der Waals surface area contributed by atoms with Crippen molar-refractivity contribution in [1.82, 2.24) is 15.6 Å². The van der Waals surface area contributed by atoms with Crippen molar-refractivity contribution < 1.29 is 9.59 Å². The van der Waals surface area contributed by atoms with Gasteiger partial charge < -0.3 is 5.32 Å². The van der Waals surface area contributed by atoms with Crippen LogP contribution in [-0.2, 0) is 4.79 Å². The molecule has 0 bridgehead atoms. The van der Waals surface area contributed by atoms with Crippen molar-refractivity contribution in [3.63, 3.8) is 0 Å². The third-order valence-corrected chi connectivity index (χ3v) is 5.14. The van der Waals surface area contributed by atoms with Crippen LogP contribution in [-0.4, -0.2) is 28.7 Å². The molecule has 2 aromatic rings. The van der Waals surface area contributed by atoms with Gasteiger partial charge in [0.15, 0.2) is 4.34 Å². The minimum atomic E-state index is -0.450. The molecule has 0 saturated carbocycles. The first kappa shape index (κ1) is 17.5. The van der Waals surface area contributed by atoms with Gasteiger partial charge in [0, 0.05) is 17.0 Å². The molecule has 0 spiro atoms. The number of carbonyl (C=O) groups is 2. The number of hydrogen-bond acceptors (Lipinski definition) is 5. The molecule has 1 aromatic carbocycles. The maximum absolute atomic E-state index is 11.8. The Kier molecular flexibility index (Phi) is 6.61. The summed E-state index contributed by atoms with van der Waals surface area (Å²) in [6.45, 7) is 3.86. The van der Waals surface area contributed by atoms with Crippen molar-refractivity contribution in [3.8, 4) is 11.3 Å². The number of thiazole rings is 1. The van der Waals surface area contributed by atoms with Gasteiger partial charge in [-0.1, -0.05) is 49.0 Å². The van der Waals surface area contributed by atoms with Crippen molar-refractivity contribution in [2.24, 2.45) is 0 Å². The Labute approximate surface area is 143 Å². The SMILES string of the molecule is CC[C@@H](C)NC(=O)NC(=O)CSc1nc(-c2ccccc2)cs1. The van der Waals surface area contributed by atoms with Crippen LogP contribution in [0.15, 0.2) is 40.1 Å². The number of benzene rings is 1. The van der Waals surface area contributed by atoms with Crippen LogP contribution in [0.5, 0.6) is 0 Å². The molecule has 0 aliphatic rings. The van der Waals surface area contributed by atoms with Crippen molar-refractivity contribution in [1.29, 1.82) is 0 Å². The predicted molar refractivity (Wildman–Crippen MR) is 94.7 cm³/mol. The van der Waals surface area contributed by atoms with Crippen LogP contribution in [0.1, 0.15) is 20.3 Å². The van der Waals surface area contributed by atoms with Crippen LogP contribution in [0.3, 0.4) is 0 Å². The normalized spacial score (nSPS) is 11.7. The van der Waals surface area contributed by atoms with E-state index in [2.05, 4.69) is 15.6 Å². The fourth-order valence-corrected chi connectivity index (χ4v) is 3.35. The number of thioether (sulfide) groups is 1. The zero-order valence-corrected chi connectivity index (χ0v) is 14.7. The van der Waals surface area contributed by atoms with Crippen LogP contribution >= 0.6 is 23.1 Å². The Morgan fingerprint density at radius 2 is 2.04 bits per heavy atom. The highest BCUT2D eigenvalue weighted by Crippen LogP contribution is 2.27. The van der Waals surface area contributed by atoms with Crippen molar-refractivity contribution in [2.75, 3.05) is 5.75 Å². The molecule has 7 heteroatoms. The van der Waals surface area contributed by atoms with Gasteiger partial charge in [-0.2, -0.15) is 0 Å². The first-order valence-corrected chi connectivity index (χ1v) is 9.19. The second kappa shape index (κ2) is 8.69. The van der Waals surface area contributed by atoms with Crippen LogP contribution in [0.2, 0.25) is 0 Å². The van der Waals surface area contributed by atoms with Gasteiger partial charge in [-0.15, -0.1) is 11.3 Å². The molecule has 1 aromatic heterocycles. The van der Waals surface area contributed by atoms with Crippen LogP contribution in [0.25, 0.3) is 11.3 Å². The summed E-state index contributed by atoms with van der Waals surface area (Å²) in [5.74, 6) is -0.164. The Morgan fingerprint density at radius 3 is 2.74 bits per heavy atom. The lowest BCUT2D eigenvalue weighted by Crippen LogP contribution is -2.43. The van der Waals surface area contributed by atoms with Gasteiger partial charge in [0.05, 0.1) is 11.4 Å². The Morgan fingerprint density at radius 1 is 1.30 bits per heavy atom. The fourth-order valence-electron chi connectivity index (χ4n) is 1.72. The number of aromatic nitrogens is 1. The number of urea groups is 1. The molecule has 2 N–H and O–H groups in total. The van der Waals surface area contributed by atoms with E-state index in [1.807, 2.05) is 49.6 Å². The molecule has 1 atom stereocenters. The van der Waals surface area contributed by atoms with Crippen LogP contribution in [0, 0.1) is 0 Å². The quantitative estimate of drug-likeness (QED) is 0.783. The monoisotopic (exact) mass is 349 g/mol. The minimum absolute atomic E-state index is 0.0443. The summed E-state index contributed by atoms with van der Waals surface area (Å²) in [5, 5.41) is 6.98. The van der Waals surface area contributed by atoms with E-state index in [1.54, 1.807) is 0 Å². The summed E-state index contributed by atoms with van der Waals surface area (Å²) in [6.07, 6.45) is 0.817. The number of imide groups is 1. The number of amides is 3. The average molecular weight is 349 g/mol. The van der Waals surface area contributed by atoms with Crippen molar-refractivity contribution >= 4 is 35.0 Å². The van der Waals surface area contributed by atoms with E-state index in [0.29, 0.717) is 0 Å². The minimum Gasteiger partial charge on any atom is -0.335 e. The molecule has 0 fully saturated rings. The van der Waals surface area contributed by atoms with E-state index < -0.39 is 6.03 Å². The second-order valence-electron chi connectivity index (χ2n) is 4.98. The third kappa shape index (κ3) is 5.69. The van der Waals surface area contributed by atoms with E-state index in [0.717, 1.165) is 22.0 Å². The van der Waals surface area contributed by atoms with E-state index >= 15 is 0 Å². The predicted octanol–water partition coefficient (Wildman–Crippen LogP) is 3.53. The largest absolute Gasteiger partial charge is 0.335 e. The molecule has 2 rings (SSSR count). The lowest BCUT2D eigenvalue weighted by Gasteiger charge is -2.11. The van der Waals surface area contributed by atoms with Crippen molar-refractivity contribution in [3.05, 3.63) is 35.7 Å². The topological polar surface area (TPSA) is 71.1 Å². The van der Waals surface area contributed by atoms with E-state index in [9.17, 15) is 9.59 Å². The number of carbonyl (C=O) groups excluding carboxylic acids is 2. The molecular weight excluding hydrogens is 330 g/mol. The number of nitrogens with one attached hydrogen (secondary N) is 2. The van der Waals surface area contributed by atoms with Crippen LogP contribution in [0.4, 0.5) is 4.79 Å². The molecule has 5 nitrogen and oxygen atoms in total. The van der Waals surface area contributed by atoms with E-state index in [4.69, 9.17) is 0 Å². The maximum atomic E-state index is 11.8. The summed E-state index contributed by atoms with van der Waals surface area (Å²) in [4.78, 5) is 27.8. The molecule has 0 saturated heterocycles. The second-order valence-corrected chi connectivity index (χ2v) is 7.06. The fraction of sp³-hybridized carbons (Fsp3) is 0.312. The summed E-state index contributed by atoms with van der Waals surface area (Å²) in [5.41, 5.74) is 1.95. The Bertz CT molecular complexity index is 658. The first-order chi connectivity index (χ1) is 11.1. The van der Waals surface area contributed by atoms with E-state index in [-0.39, 0.29) is 17.7 Å². The van der Waals surface area contributed by atoms with Gasteiger partial charge in [0.2, 0.25) is 5.91 Å². The Hall–Kier alpha value is -1.86. The van der Waals surface area contributed by atoms with E-state index in [1.165, 1.54) is 23.1 Å². The van der Waals surface area contributed by atoms with Crippen molar-refractivity contribution in [2.45, 2.75) is 30.6 Å². The highest BCUT2D eigenvalue weighted by atomic mass is 32.2. The highest BCUT2D eigenvalue weighted by Gasteiger charge is 2.11. The zero-order valence-electron chi connectivity index (χ0n) is 13.0. The highest BCUT2D eigenvalue weighted by molar-refractivity contribution is 8.01. The Balaban J connectivity index is 1.81. The van der Waals surface area contributed by atoms with Crippen LogP contribution < -0.4 is 10.6 Å². The summed E-state index contributed by atoms with van der Waals surface area (Å²) >= 11 is 2.82. The molecule has 0 aliphatic heterocycles. The summed E-state index contributed by atoms with van der Waals surface area (Å²) in [7, 11) is 0. The van der Waals surface area contributed by atoms with Gasteiger partial charge in [-0.25, -0.2) is 9.78 Å². The molecule has 1 heterocycles. The van der Waals surface area contributed by atoms with Gasteiger partial charge in [-0.3, -0.25) is 10.1 Å². The summed E-state index contributed by atoms with van der Waals surface area (Å²) < 4.78 is 0.807.